The van der Waals surface area contributed by atoms with E-state index in [1.807, 2.05) is 13.8 Å². The highest BCUT2D eigenvalue weighted by Crippen LogP contribution is 2.39. The van der Waals surface area contributed by atoms with E-state index in [1.54, 1.807) is 12.1 Å². The molecule has 102 valence electrons. The van der Waals surface area contributed by atoms with Gasteiger partial charge < -0.3 is 0 Å². The number of aromatic nitrogens is 1. The number of rotatable bonds is 4. The Morgan fingerprint density at radius 2 is 2.00 bits per heavy atom. The van der Waals surface area contributed by atoms with Crippen LogP contribution < -0.4 is 0 Å². The van der Waals surface area contributed by atoms with Crippen LogP contribution in [0.25, 0.3) is 0 Å². The molecule has 0 spiro atoms. The quantitative estimate of drug-likeness (QED) is 0.797. The van der Waals surface area contributed by atoms with Crippen molar-refractivity contribution in [2.45, 2.75) is 39.7 Å². The number of carbonyl (C=O) groups excluding carboxylic acids is 2. The SMILES string of the molecule is CCC1(CC)CC(=O)N(Cc2ccc(Cl)cn2)C1=O. The van der Waals surface area contributed by atoms with Gasteiger partial charge in [-0.1, -0.05) is 25.4 Å². The first-order chi connectivity index (χ1) is 9.02. The molecule has 2 amide bonds. The molecule has 0 N–H and O–H groups in total. The lowest BCUT2D eigenvalue weighted by Gasteiger charge is -2.23. The summed E-state index contributed by atoms with van der Waals surface area (Å²) in [7, 11) is 0. The van der Waals surface area contributed by atoms with Crippen molar-refractivity contribution in [1.29, 1.82) is 0 Å². The van der Waals surface area contributed by atoms with Crippen LogP contribution in [0.3, 0.4) is 0 Å². The average molecular weight is 281 g/mol. The molecule has 2 heterocycles. The molecule has 5 heteroatoms. The number of carbonyl (C=O) groups is 2. The van der Waals surface area contributed by atoms with E-state index in [-0.39, 0.29) is 18.4 Å². The minimum atomic E-state index is -0.510. The lowest BCUT2D eigenvalue weighted by molar-refractivity contribution is -0.142. The Labute approximate surface area is 117 Å². The Bertz CT molecular complexity index is 495. The molecular formula is C14H17ClN2O2. The Kier molecular flexibility index (Phi) is 3.90. The first-order valence-corrected chi connectivity index (χ1v) is 6.85. The summed E-state index contributed by atoms with van der Waals surface area (Å²) in [5, 5.41) is 0.541. The smallest absolute Gasteiger partial charge is 0.236 e. The zero-order chi connectivity index (χ0) is 14.0. The molecule has 1 aromatic heterocycles. The minimum absolute atomic E-state index is 0.0701. The summed E-state index contributed by atoms with van der Waals surface area (Å²) in [6.07, 6.45) is 3.22. The number of likely N-dealkylation sites (tertiary alicyclic amines) is 1. The van der Waals surface area contributed by atoms with Crippen LogP contribution in [0.4, 0.5) is 0 Å². The van der Waals surface area contributed by atoms with E-state index in [1.165, 1.54) is 11.1 Å². The van der Waals surface area contributed by atoms with Crippen molar-refractivity contribution in [3.05, 3.63) is 29.0 Å². The third kappa shape index (κ3) is 2.50. The van der Waals surface area contributed by atoms with Gasteiger partial charge in [0.15, 0.2) is 0 Å². The van der Waals surface area contributed by atoms with Crippen molar-refractivity contribution in [2.75, 3.05) is 0 Å². The van der Waals surface area contributed by atoms with Crippen LogP contribution in [0, 0.1) is 5.41 Å². The van der Waals surface area contributed by atoms with Crippen molar-refractivity contribution < 1.29 is 9.59 Å². The van der Waals surface area contributed by atoms with Crippen molar-refractivity contribution in [3.63, 3.8) is 0 Å². The summed E-state index contributed by atoms with van der Waals surface area (Å²) < 4.78 is 0. The summed E-state index contributed by atoms with van der Waals surface area (Å²) in [4.78, 5) is 29.9. The fourth-order valence-electron chi connectivity index (χ4n) is 2.48. The van der Waals surface area contributed by atoms with Gasteiger partial charge in [-0.25, -0.2) is 0 Å². The van der Waals surface area contributed by atoms with Crippen LogP contribution in [-0.2, 0) is 16.1 Å². The van der Waals surface area contributed by atoms with Crippen LogP contribution >= 0.6 is 11.6 Å². The summed E-state index contributed by atoms with van der Waals surface area (Å²) in [5.74, 6) is -0.176. The monoisotopic (exact) mass is 280 g/mol. The van der Waals surface area contributed by atoms with Crippen LogP contribution in [0.1, 0.15) is 38.8 Å². The molecule has 0 atom stereocenters. The number of pyridine rings is 1. The van der Waals surface area contributed by atoms with Gasteiger partial charge in [0.2, 0.25) is 11.8 Å². The van der Waals surface area contributed by atoms with Gasteiger partial charge in [-0.15, -0.1) is 0 Å². The van der Waals surface area contributed by atoms with Crippen molar-refractivity contribution in [2.24, 2.45) is 5.41 Å². The summed E-state index contributed by atoms with van der Waals surface area (Å²) >= 11 is 5.77. The Morgan fingerprint density at radius 3 is 2.47 bits per heavy atom. The molecule has 2 rings (SSSR count). The van der Waals surface area contributed by atoms with Gasteiger partial charge in [0.1, 0.15) is 0 Å². The molecule has 0 aromatic carbocycles. The number of halogens is 1. The second-order valence-corrected chi connectivity index (χ2v) is 5.35. The van der Waals surface area contributed by atoms with Gasteiger partial charge in [0.05, 0.1) is 22.7 Å². The largest absolute Gasteiger partial charge is 0.276 e. The predicted molar refractivity (Wildman–Crippen MR) is 72.4 cm³/mol. The van der Waals surface area contributed by atoms with E-state index in [0.29, 0.717) is 30.0 Å². The zero-order valence-electron chi connectivity index (χ0n) is 11.1. The van der Waals surface area contributed by atoms with Gasteiger partial charge >= 0.3 is 0 Å². The van der Waals surface area contributed by atoms with E-state index >= 15 is 0 Å². The van der Waals surface area contributed by atoms with E-state index in [2.05, 4.69) is 4.98 Å². The maximum atomic E-state index is 12.4. The molecule has 1 aliphatic rings. The standard InChI is InChI=1S/C14H17ClN2O2/c1-3-14(4-2)7-12(18)17(13(14)19)9-11-6-5-10(15)8-16-11/h5-6,8H,3-4,7,9H2,1-2H3. The van der Waals surface area contributed by atoms with Gasteiger partial charge in [-0.3, -0.25) is 19.5 Å². The van der Waals surface area contributed by atoms with Crippen LogP contribution in [-0.4, -0.2) is 21.7 Å². The molecule has 1 aliphatic heterocycles. The van der Waals surface area contributed by atoms with E-state index < -0.39 is 5.41 Å². The van der Waals surface area contributed by atoms with Gasteiger partial charge in [0.25, 0.3) is 0 Å². The predicted octanol–water partition coefficient (Wildman–Crippen LogP) is 2.80. The lowest BCUT2D eigenvalue weighted by Crippen LogP contribution is -2.34. The van der Waals surface area contributed by atoms with Crippen molar-refractivity contribution >= 4 is 23.4 Å². The number of nitrogens with zero attached hydrogens (tertiary/aromatic N) is 2. The molecule has 1 saturated heterocycles. The second kappa shape index (κ2) is 5.29. The Balaban J connectivity index is 2.19. The fraction of sp³-hybridized carbons (Fsp3) is 0.500. The highest BCUT2D eigenvalue weighted by atomic mass is 35.5. The van der Waals surface area contributed by atoms with E-state index in [0.717, 1.165) is 0 Å². The van der Waals surface area contributed by atoms with Crippen molar-refractivity contribution in [3.8, 4) is 0 Å². The minimum Gasteiger partial charge on any atom is -0.276 e. The Hall–Kier alpha value is -1.42. The highest BCUT2D eigenvalue weighted by molar-refractivity contribution is 6.30. The first-order valence-electron chi connectivity index (χ1n) is 6.47. The average Bonchev–Trinajstić information content (AvgIpc) is 2.66. The van der Waals surface area contributed by atoms with E-state index in [9.17, 15) is 9.59 Å². The number of hydrogen-bond donors (Lipinski definition) is 0. The number of amides is 2. The molecule has 1 fully saturated rings. The van der Waals surface area contributed by atoms with E-state index in [4.69, 9.17) is 11.6 Å². The highest BCUT2D eigenvalue weighted by Gasteiger charge is 2.48. The fourth-order valence-corrected chi connectivity index (χ4v) is 2.60. The lowest BCUT2D eigenvalue weighted by atomic mass is 9.81. The van der Waals surface area contributed by atoms with Crippen LogP contribution in [0.2, 0.25) is 5.02 Å². The molecule has 0 aliphatic carbocycles. The van der Waals surface area contributed by atoms with Crippen molar-refractivity contribution in [1.82, 2.24) is 9.88 Å². The molecule has 19 heavy (non-hydrogen) atoms. The maximum Gasteiger partial charge on any atom is 0.236 e. The van der Waals surface area contributed by atoms with Gasteiger partial charge in [0, 0.05) is 12.6 Å². The molecule has 4 nitrogen and oxygen atoms in total. The normalized spacial score (nSPS) is 18.2. The molecule has 0 bridgehead atoms. The third-order valence-corrected chi connectivity index (χ3v) is 4.18. The topological polar surface area (TPSA) is 50.3 Å². The zero-order valence-corrected chi connectivity index (χ0v) is 11.9. The number of hydrogen-bond acceptors (Lipinski definition) is 3. The molecule has 1 aromatic rings. The summed E-state index contributed by atoms with van der Waals surface area (Å²) in [5.41, 5.74) is 0.165. The summed E-state index contributed by atoms with van der Waals surface area (Å²) in [6.45, 7) is 4.15. The molecular weight excluding hydrogens is 264 g/mol. The van der Waals surface area contributed by atoms with Crippen LogP contribution in [0.5, 0.6) is 0 Å². The summed E-state index contributed by atoms with van der Waals surface area (Å²) in [6, 6.07) is 3.45. The second-order valence-electron chi connectivity index (χ2n) is 4.92. The molecule has 0 saturated carbocycles. The Morgan fingerprint density at radius 1 is 1.32 bits per heavy atom. The third-order valence-electron chi connectivity index (χ3n) is 3.95. The first kappa shape index (κ1) is 14.0. The van der Waals surface area contributed by atoms with Gasteiger partial charge in [-0.2, -0.15) is 0 Å². The molecule has 0 radical (unpaired) electrons. The van der Waals surface area contributed by atoms with Gasteiger partial charge in [-0.05, 0) is 25.0 Å². The number of imide groups is 1. The van der Waals surface area contributed by atoms with Crippen LogP contribution in [0.15, 0.2) is 18.3 Å². The molecule has 0 unspecified atom stereocenters. The maximum absolute atomic E-state index is 12.4.